The average molecular weight is 317 g/mol. The first kappa shape index (κ1) is 16.5. The van der Waals surface area contributed by atoms with E-state index in [2.05, 4.69) is 24.3 Å². The van der Waals surface area contributed by atoms with E-state index in [4.69, 9.17) is 5.73 Å². The summed E-state index contributed by atoms with van der Waals surface area (Å²) >= 11 is 0. The number of halogens is 1. The van der Waals surface area contributed by atoms with Gasteiger partial charge in [-0.1, -0.05) is 36.4 Å². The number of carbonyl (C=O) groups excluding carboxylic acids is 1. The van der Waals surface area contributed by atoms with Crippen LogP contribution in [0.25, 0.3) is 0 Å². The lowest BCUT2D eigenvalue weighted by molar-refractivity contribution is 0.0737. The zero-order chi connectivity index (χ0) is 14.8. The van der Waals surface area contributed by atoms with Gasteiger partial charge >= 0.3 is 0 Å². The quantitative estimate of drug-likeness (QED) is 0.946. The maximum atomic E-state index is 12.6. The second-order valence-corrected chi connectivity index (χ2v) is 5.65. The minimum absolute atomic E-state index is 0. The van der Waals surface area contributed by atoms with Gasteiger partial charge in [0.2, 0.25) is 0 Å². The summed E-state index contributed by atoms with van der Waals surface area (Å²) in [6.07, 6.45) is 1.89. The van der Waals surface area contributed by atoms with Gasteiger partial charge in [0.25, 0.3) is 5.91 Å². The molecule has 3 rings (SSSR count). The molecule has 2 aromatic carbocycles. The maximum absolute atomic E-state index is 12.6. The van der Waals surface area contributed by atoms with Crippen molar-refractivity contribution in [3.8, 4) is 0 Å². The largest absolute Gasteiger partial charge is 0.338 e. The molecule has 0 spiro atoms. The van der Waals surface area contributed by atoms with Crippen molar-refractivity contribution in [3.05, 3.63) is 70.8 Å². The van der Waals surface area contributed by atoms with Gasteiger partial charge in [-0.3, -0.25) is 4.79 Å². The topological polar surface area (TPSA) is 46.3 Å². The molecule has 0 bridgehead atoms. The van der Waals surface area contributed by atoms with Crippen LogP contribution in [0, 0.1) is 0 Å². The van der Waals surface area contributed by atoms with Crippen LogP contribution >= 0.6 is 12.4 Å². The fourth-order valence-corrected chi connectivity index (χ4v) is 2.96. The van der Waals surface area contributed by atoms with Gasteiger partial charge in [0.15, 0.2) is 0 Å². The molecule has 0 unspecified atom stereocenters. The Morgan fingerprint density at radius 2 is 1.64 bits per heavy atom. The van der Waals surface area contributed by atoms with Crippen LogP contribution in [0.4, 0.5) is 0 Å². The predicted octanol–water partition coefficient (Wildman–Crippen LogP) is 2.81. The molecule has 2 N–H and O–H groups in total. The van der Waals surface area contributed by atoms with E-state index in [1.54, 1.807) is 0 Å². The van der Waals surface area contributed by atoms with Gasteiger partial charge in [-0.2, -0.15) is 0 Å². The number of hydrogen-bond donors (Lipinski definition) is 1. The third kappa shape index (κ3) is 3.16. The first-order valence-electron chi connectivity index (χ1n) is 7.32. The second-order valence-electron chi connectivity index (χ2n) is 5.65. The average Bonchev–Trinajstić information content (AvgIpc) is 2.97. The van der Waals surface area contributed by atoms with Crippen molar-refractivity contribution >= 4 is 18.3 Å². The third-order valence-corrected chi connectivity index (χ3v) is 4.33. The molecule has 2 aromatic rings. The van der Waals surface area contributed by atoms with Gasteiger partial charge in [-0.15, -0.1) is 12.4 Å². The molecule has 1 aliphatic carbocycles. The van der Waals surface area contributed by atoms with Crippen molar-refractivity contribution in [3.63, 3.8) is 0 Å². The van der Waals surface area contributed by atoms with Crippen molar-refractivity contribution < 1.29 is 4.79 Å². The number of benzene rings is 2. The molecule has 0 atom stereocenters. The Bertz CT molecular complexity index is 629. The van der Waals surface area contributed by atoms with Gasteiger partial charge in [0.1, 0.15) is 0 Å². The van der Waals surface area contributed by atoms with Crippen molar-refractivity contribution in [1.29, 1.82) is 0 Å². The first-order valence-corrected chi connectivity index (χ1v) is 7.32. The molecule has 0 fully saturated rings. The molecule has 116 valence electrons. The van der Waals surface area contributed by atoms with Gasteiger partial charge in [-0.25, -0.2) is 0 Å². The van der Waals surface area contributed by atoms with Crippen LogP contribution in [0.15, 0.2) is 48.5 Å². The molecule has 0 aliphatic heterocycles. The first-order chi connectivity index (χ1) is 10.2. The molecular weight excluding hydrogens is 296 g/mol. The zero-order valence-electron chi connectivity index (χ0n) is 12.7. The Labute approximate surface area is 137 Å². The summed E-state index contributed by atoms with van der Waals surface area (Å²) in [7, 11) is 1.90. The molecule has 4 heteroatoms. The molecule has 1 aliphatic rings. The minimum Gasteiger partial charge on any atom is -0.338 e. The fraction of sp³-hybridized carbons (Fsp3) is 0.278. The van der Waals surface area contributed by atoms with Gasteiger partial charge in [0, 0.05) is 25.2 Å². The van der Waals surface area contributed by atoms with E-state index in [1.807, 2.05) is 36.2 Å². The molecule has 1 amide bonds. The van der Waals surface area contributed by atoms with E-state index in [9.17, 15) is 4.79 Å². The van der Waals surface area contributed by atoms with E-state index in [1.165, 1.54) is 11.1 Å². The van der Waals surface area contributed by atoms with Crippen molar-refractivity contribution in [2.45, 2.75) is 25.4 Å². The van der Waals surface area contributed by atoms with E-state index in [0.29, 0.717) is 6.54 Å². The molecular formula is C18H21ClN2O. The number of nitrogens with zero attached hydrogens (tertiary/aromatic N) is 1. The standard InChI is InChI=1S/C18H20N2O.ClH/c1-20(17-10-15-4-2-3-5-16(15)11-17)18(21)14-8-6-13(12-19)7-9-14;/h2-9,17H,10-12,19H2,1H3;1H. The van der Waals surface area contributed by atoms with Gasteiger partial charge < -0.3 is 10.6 Å². The van der Waals surface area contributed by atoms with Crippen LogP contribution in [0.3, 0.4) is 0 Å². The van der Waals surface area contributed by atoms with Crippen LogP contribution in [0.5, 0.6) is 0 Å². The highest BCUT2D eigenvalue weighted by Gasteiger charge is 2.27. The van der Waals surface area contributed by atoms with E-state index < -0.39 is 0 Å². The fourth-order valence-electron chi connectivity index (χ4n) is 2.96. The molecule has 0 saturated carbocycles. The summed E-state index contributed by atoms with van der Waals surface area (Å²) in [6, 6.07) is 16.3. The molecule has 0 radical (unpaired) electrons. The smallest absolute Gasteiger partial charge is 0.253 e. The zero-order valence-corrected chi connectivity index (χ0v) is 13.5. The van der Waals surface area contributed by atoms with Crippen LogP contribution in [-0.4, -0.2) is 23.9 Å². The molecule has 0 heterocycles. The summed E-state index contributed by atoms with van der Waals surface area (Å²) in [4.78, 5) is 14.4. The SMILES string of the molecule is CN(C(=O)c1ccc(CN)cc1)C1Cc2ccccc2C1.Cl. The Morgan fingerprint density at radius 3 is 2.14 bits per heavy atom. The molecule has 3 nitrogen and oxygen atoms in total. The second kappa shape index (κ2) is 6.95. The van der Waals surface area contributed by atoms with E-state index >= 15 is 0 Å². The summed E-state index contributed by atoms with van der Waals surface area (Å²) < 4.78 is 0. The summed E-state index contributed by atoms with van der Waals surface area (Å²) in [5, 5.41) is 0. The minimum atomic E-state index is 0. The van der Waals surface area contributed by atoms with Crippen LogP contribution in [0.1, 0.15) is 27.0 Å². The maximum Gasteiger partial charge on any atom is 0.253 e. The number of carbonyl (C=O) groups is 1. The summed E-state index contributed by atoms with van der Waals surface area (Å²) in [5.74, 6) is 0.0800. The summed E-state index contributed by atoms with van der Waals surface area (Å²) in [6.45, 7) is 0.502. The molecule has 22 heavy (non-hydrogen) atoms. The molecule has 0 aromatic heterocycles. The van der Waals surface area contributed by atoms with Crippen molar-refractivity contribution in [2.24, 2.45) is 5.73 Å². The number of rotatable bonds is 3. The lowest BCUT2D eigenvalue weighted by atomic mass is 10.1. The number of nitrogens with two attached hydrogens (primary N) is 1. The number of likely N-dealkylation sites (N-methyl/N-ethyl adjacent to an activating group) is 1. The number of amides is 1. The van der Waals surface area contributed by atoms with Crippen LogP contribution in [-0.2, 0) is 19.4 Å². The van der Waals surface area contributed by atoms with E-state index in [-0.39, 0.29) is 24.4 Å². The van der Waals surface area contributed by atoms with Gasteiger partial charge in [0.05, 0.1) is 0 Å². The predicted molar refractivity (Wildman–Crippen MR) is 91.3 cm³/mol. The summed E-state index contributed by atoms with van der Waals surface area (Å²) in [5.41, 5.74) is 10.1. The molecule has 0 saturated heterocycles. The van der Waals surface area contributed by atoms with Crippen molar-refractivity contribution in [2.75, 3.05) is 7.05 Å². The van der Waals surface area contributed by atoms with Crippen LogP contribution < -0.4 is 5.73 Å². The monoisotopic (exact) mass is 316 g/mol. The third-order valence-electron chi connectivity index (χ3n) is 4.33. The number of fused-ring (bicyclic) bond motifs is 1. The Hall–Kier alpha value is -1.84. The van der Waals surface area contributed by atoms with E-state index in [0.717, 1.165) is 24.0 Å². The lowest BCUT2D eigenvalue weighted by Crippen LogP contribution is -2.37. The Kier molecular flexibility index (Phi) is 5.22. The lowest BCUT2D eigenvalue weighted by Gasteiger charge is -2.24. The van der Waals surface area contributed by atoms with Gasteiger partial charge in [-0.05, 0) is 41.7 Å². The van der Waals surface area contributed by atoms with Crippen molar-refractivity contribution in [1.82, 2.24) is 4.90 Å². The highest BCUT2D eigenvalue weighted by atomic mass is 35.5. The normalized spacial score (nSPS) is 13.4. The number of hydrogen-bond acceptors (Lipinski definition) is 2. The Balaban J connectivity index is 0.00000176. The Morgan fingerprint density at radius 1 is 1.09 bits per heavy atom. The highest BCUT2D eigenvalue weighted by Crippen LogP contribution is 2.25. The van der Waals surface area contributed by atoms with Crippen LogP contribution in [0.2, 0.25) is 0 Å². The highest BCUT2D eigenvalue weighted by molar-refractivity contribution is 5.94.